The van der Waals surface area contributed by atoms with Gasteiger partial charge in [0.25, 0.3) is 5.91 Å². The van der Waals surface area contributed by atoms with E-state index >= 15 is 0 Å². The van der Waals surface area contributed by atoms with Crippen LogP contribution in [-0.2, 0) is 10.0 Å². The lowest BCUT2D eigenvalue weighted by atomic mass is 9.97. The molecule has 0 saturated heterocycles. The topological polar surface area (TPSA) is 92.3 Å². The number of amides is 1. The van der Waals surface area contributed by atoms with Crippen molar-refractivity contribution >= 4 is 21.7 Å². The van der Waals surface area contributed by atoms with Gasteiger partial charge in [0.05, 0.1) is 11.3 Å². The van der Waals surface area contributed by atoms with Crippen LogP contribution in [0.4, 0.5) is 0 Å². The third kappa shape index (κ3) is 5.24. The third-order valence-corrected chi connectivity index (χ3v) is 5.25. The van der Waals surface area contributed by atoms with Gasteiger partial charge in [-0.2, -0.15) is 0 Å². The van der Waals surface area contributed by atoms with Crippen molar-refractivity contribution in [1.29, 1.82) is 0 Å². The molecule has 26 heavy (non-hydrogen) atoms. The molecule has 0 saturated carbocycles. The van der Waals surface area contributed by atoms with Crippen LogP contribution in [0.15, 0.2) is 48.5 Å². The smallest absolute Gasteiger partial charge is 0.252 e. The monoisotopic (exact) mass is 374 g/mol. The summed E-state index contributed by atoms with van der Waals surface area (Å²) in [6, 6.07) is 13.7. The third-order valence-electron chi connectivity index (χ3n) is 3.84. The molecule has 0 aromatic heterocycles. The fraction of sp³-hybridized carbons (Fsp3) is 0.263. The molecule has 138 valence electrons. The molecule has 0 fully saturated rings. The standard InChI is InChI=1S/C19H22N2O4S/c1-3-26(24,25)21-13-12-20-19(23)17-7-5-4-6-16(17)18(22)15-10-8-14(2)9-11-15/h4-11,21H,3,12-13H2,1-2H3,(H,20,23). The van der Waals surface area contributed by atoms with Crippen molar-refractivity contribution in [1.82, 2.24) is 10.0 Å². The molecule has 1 amide bonds. The van der Waals surface area contributed by atoms with E-state index in [1.807, 2.05) is 19.1 Å². The molecule has 0 aliphatic carbocycles. The van der Waals surface area contributed by atoms with E-state index in [1.165, 1.54) is 6.92 Å². The van der Waals surface area contributed by atoms with Crippen molar-refractivity contribution < 1.29 is 18.0 Å². The molecule has 7 heteroatoms. The van der Waals surface area contributed by atoms with Crippen molar-refractivity contribution in [2.45, 2.75) is 13.8 Å². The highest BCUT2D eigenvalue weighted by molar-refractivity contribution is 7.89. The van der Waals surface area contributed by atoms with Gasteiger partial charge in [-0.3, -0.25) is 9.59 Å². The Balaban J connectivity index is 2.09. The van der Waals surface area contributed by atoms with Gasteiger partial charge in [-0.1, -0.05) is 48.0 Å². The second-order valence-corrected chi connectivity index (χ2v) is 7.89. The number of carbonyl (C=O) groups excluding carboxylic acids is 2. The van der Waals surface area contributed by atoms with Crippen LogP contribution >= 0.6 is 0 Å². The van der Waals surface area contributed by atoms with E-state index in [9.17, 15) is 18.0 Å². The Bertz CT molecular complexity index is 890. The largest absolute Gasteiger partial charge is 0.351 e. The lowest BCUT2D eigenvalue weighted by Gasteiger charge is -2.10. The van der Waals surface area contributed by atoms with Crippen LogP contribution in [0.3, 0.4) is 0 Å². The predicted molar refractivity (Wildman–Crippen MR) is 101 cm³/mol. The fourth-order valence-corrected chi connectivity index (χ4v) is 2.94. The number of nitrogens with one attached hydrogen (secondary N) is 2. The highest BCUT2D eigenvalue weighted by Crippen LogP contribution is 2.15. The van der Waals surface area contributed by atoms with E-state index in [-0.39, 0.29) is 30.2 Å². The molecule has 0 atom stereocenters. The van der Waals surface area contributed by atoms with E-state index in [2.05, 4.69) is 10.0 Å². The fourth-order valence-electron chi connectivity index (χ4n) is 2.32. The van der Waals surface area contributed by atoms with E-state index < -0.39 is 15.9 Å². The van der Waals surface area contributed by atoms with Gasteiger partial charge < -0.3 is 5.32 Å². The average Bonchev–Trinajstić information content (AvgIpc) is 2.65. The average molecular weight is 374 g/mol. The van der Waals surface area contributed by atoms with Crippen LogP contribution < -0.4 is 10.0 Å². The SMILES string of the molecule is CCS(=O)(=O)NCCNC(=O)c1ccccc1C(=O)c1ccc(C)cc1. The normalized spacial score (nSPS) is 11.2. The van der Waals surface area contributed by atoms with Gasteiger partial charge in [0.15, 0.2) is 5.78 Å². The minimum absolute atomic E-state index is 0.0190. The lowest BCUT2D eigenvalue weighted by Crippen LogP contribution is -2.35. The first-order valence-electron chi connectivity index (χ1n) is 8.30. The molecule has 0 bridgehead atoms. The summed E-state index contributed by atoms with van der Waals surface area (Å²) in [6.07, 6.45) is 0. The molecule has 0 heterocycles. The van der Waals surface area contributed by atoms with E-state index in [1.54, 1.807) is 36.4 Å². The van der Waals surface area contributed by atoms with Gasteiger partial charge in [0.2, 0.25) is 10.0 Å². The first-order valence-corrected chi connectivity index (χ1v) is 9.95. The molecule has 2 aromatic rings. The highest BCUT2D eigenvalue weighted by atomic mass is 32.2. The Hall–Kier alpha value is -2.51. The minimum atomic E-state index is -3.30. The lowest BCUT2D eigenvalue weighted by molar-refractivity contribution is 0.0943. The quantitative estimate of drug-likeness (QED) is 0.545. The van der Waals surface area contributed by atoms with Gasteiger partial charge in [0.1, 0.15) is 0 Å². The molecule has 2 N–H and O–H groups in total. The molecular weight excluding hydrogens is 352 g/mol. The summed E-state index contributed by atoms with van der Waals surface area (Å²) in [4.78, 5) is 25.1. The second-order valence-electron chi connectivity index (χ2n) is 5.79. The van der Waals surface area contributed by atoms with Gasteiger partial charge in [-0.15, -0.1) is 0 Å². The van der Waals surface area contributed by atoms with Crippen molar-refractivity contribution in [3.8, 4) is 0 Å². The van der Waals surface area contributed by atoms with Crippen molar-refractivity contribution in [3.63, 3.8) is 0 Å². The number of ketones is 1. The zero-order valence-electron chi connectivity index (χ0n) is 14.8. The Morgan fingerprint density at radius 3 is 2.15 bits per heavy atom. The number of hydrogen-bond acceptors (Lipinski definition) is 4. The van der Waals surface area contributed by atoms with Crippen molar-refractivity contribution in [3.05, 3.63) is 70.8 Å². The number of rotatable bonds is 8. The first kappa shape index (κ1) is 19.8. The minimum Gasteiger partial charge on any atom is -0.351 e. The summed E-state index contributed by atoms with van der Waals surface area (Å²) >= 11 is 0. The summed E-state index contributed by atoms with van der Waals surface area (Å²) in [7, 11) is -3.30. The predicted octanol–water partition coefficient (Wildman–Crippen LogP) is 1.90. The van der Waals surface area contributed by atoms with Crippen LogP contribution in [0.2, 0.25) is 0 Å². The molecule has 0 aliphatic heterocycles. The number of aryl methyl sites for hydroxylation is 1. The van der Waals surface area contributed by atoms with Crippen LogP contribution in [0.5, 0.6) is 0 Å². The zero-order valence-corrected chi connectivity index (χ0v) is 15.6. The maximum atomic E-state index is 12.7. The highest BCUT2D eigenvalue weighted by Gasteiger charge is 2.17. The zero-order chi connectivity index (χ0) is 19.2. The van der Waals surface area contributed by atoms with Gasteiger partial charge in [-0.05, 0) is 19.9 Å². The molecule has 0 radical (unpaired) electrons. The summed E-state index contributed by atoms with van der Waals surface area (Å²) in [6.45, 7) is 3.69. The van der Waals surface area contributed by atoms with E-state index in [0.717, 1.165) is 5.56 Å². The molecular formula is C19H22N2O4S. The Morgan fingerprint density at radius 1 is 0.923 bits per heavy atom. The van der Waals surface area contributed by atoms with Crippen LogP contribution in [0.1, 0.15) is 38.8 Å². The van der Waals surface area contributed by atoms with Crippen LogP contribution in [0, 0.1) is 6.92 Å². The van der Waals surface area contributed by atoms with Gasteiger partial charge in [-0.25, -0.2) is 13.1 Å². The summed E-state index contributed by atoms with van der Waals surface area (Å²) < 4.78 is 25.1. The van der Waals surface area contributed by atoms with E-state index in [0.29, 0.717) is 11.1 Å². The van der Waals surface area contributed by atoms with Crippen LogP contribution in [0.25, 0.3) is 0 Å². The first-order chi connectivity index (χ1) is 12.3. The number of sulfonamides is 1. The van der Waals surface area contributed by atoms with E-state index in [4.69, 9.17) is 0 Å². The van der Waals surface area contributed by atoms with Crippen LogP contribution in [-0.4, -0.2) is 39.0 Å². The molecule has 0 aliphatic rings. The van der Waals surface area contributed by atoms with Crippen molar-refractivity contribution in [2.75, 3.05) is 18.8 Å². The second kappa shape index (κ2) is 8.73. The van der Waals surface area contributed by atoms with Gasteiger partial charge >= 0.3 is 0 Å². The molecule has 2 rings (SSSR count). The molecule has 6 nitrogen and oxygen atoms in total. The Labute approximate surface area is 153 Å². The van der Waals surface area contributed by atoms with Crippen molar-refractivity contribution in [2.24, 2.45) is 0 Å². The Morgan fingerprint density at radius 2 is 1.54 bits per heavy atom. The molecule has 0 unspecified atom stereocenters. The summed E-state index contributed by atoms with van der Waals surface area (Å²) in [5.74, 6) is -0.673. The maximum Gasteiger partial charge on any atom is 0.252 e. The number of hydrogen-bond donors (Lipinski definition) is 2. The summed E-state index contributed by atoms with van der Waals surface area (Å²) in [5.41, 5.74) is 2.12. The maximum absolute atomic E-state index is 12.7. The molecule has 2 aromatic carbocycles. The summed E-state index contributed by atoms with van der Waals surface area (Å²) in [5, 5.41) is 2.63. The number of carbonyl (C=O) groups is 2. The Kier molecular flexibility index (Phi) is 6.65. The van der Waals surface area contributed by atoms with Gasteiger partial charge in [0, 0.05) is 24.2 Å². The number of benzene rings is 2. The molecule has 0 spiro atoms.